The number of aliphatic hydroxyl groups is 1. The Morgan fingerprint density at radius 2 is 2.14 bits per heavy atom. The van der Waals surface area contributed by atoms with Gasteiger partial charge >= 0.3 is 0 Å². The zero-order chi connectivity index (χ0) is 14.8. The fourth-order valence-corrected chi connectivity index (χ4v) is 2.64. The standard InChI is InChI=1S/C16H16N4O/c1-11-8-13(9-17)19-16(18-11)20-7-6-15(21)14-5-3-2-4-12(14)10-20/h2-5,8,15,21H,6-7,10H2,1H3. The molecule has 5 nitrogen and oxygen atoms in total. The van der Waals surface area contributed by atoms with Crippen molar-refractivity contribution in [2.24, 2.45) is 0 Å². The normalized spacial score (nSPS) is 17.8. The van der Waals surface area contributed by atoms with Crippen molar-refractivity contribution in [1.29, 1.82) is 5.26 Å². The molecule has 2 aromatic rings. The maximum absolute atomic E-state index is 10.2. The van der Waals surface area contributed by atoms with Crippen LogP contribution in [0.25, 0.3) is 0 Å². The van der Waals surface area contributed by atoms with Crippen LogP contribution in [0.4, 0.5) is 5.95 Å². The van der Waals surface area contributed by atoms with Crippen molar-refractivity contribution >= 4 is 5.95 Å². The van der Waals surface area contributed by atoms with Gasteiger partial charge < -0.3 is 10.0 Å². The Kier molecular flexibility index (Phi) is 3.55. The van der Waals surface area contributed by atoms with Gasteiger partial charge in [0.2, 0.25) is 5.95 Å². The van der Waals surface area contributed by atoms with Gasteiger partial charge in [0.25, 0.3) is 0 Å². The molecule has 2 heterocycles. The van der Waals surface area contributed by atoms with Gasteiger partial charge in [-0.05, 0) is 30.5 Å². The lowest BCUT2D eigenvalue weighted by atomic mass is 10.0. The first-order chi connectivity index (χ1) is 10.2. The second-order valence-corrected chi connectivity index (χ2v) is 5.23. The van der Waals surface area contributed by atoms with E-state index in [9.17, 15) is 5.11 Å². The molecule has 0 saturated carbocycles. The van der Waals surface area contributed by atoms with Crippen LogP contribution in [-0.4, -0.2) is 21.6 Å². The maximum atomic E-state index is 10.2. The SMILES string of the molecule is Cc1cc(C#N)nc(N2CCC(O)c3ccccc3C2)n1. The van der Waals surface area contributed by atoms with Crippen LogP contribution in [0, 0.1) is 18.3 Å². The summed E-state index contributed by atoms with van der Waals surface area (Å²) in [5.74, 6) is 0.551. The molecular weight excluding hydrogens is 264 g/mol. The quantitative estimate of drug-likeness (QED) is 0.866. The molecule has 1 aliphatic rings. The first-order valence-electron chi connectivity index (χ1n) is 6.94. The summed E-state index contributed by atoms with van der Waals surface area (Å²) in [6.07, 6.45) is 0.155. The smallest absolute Gasteiger partial charge is 0.227 e. The minimum Gasteiger partial charge on any atom is -0.388 e. The van der Waals surface area contributed by atoms with Gasteiger partial charge in [-0.3, -0.25) is 0 Å². The Hall–Kier alpha value is -2.45. The molecule has 0 saturated heterocycles. The number of fused-ring (bicyclic) bond motifs is 1. The van der Waals surface area contributed by atoms with Gasteiger partial charge in [-0.15, -0.1) is 0 Å². The molecule has 0 amide bonds. The lowest BCUT2D eigenvalue weighted by Crippen LogP contribution is -2.25. The molecule has 0 radical (unpaired) electrons. The fourth-order valence-electron chi connectivity index (χ4n) is 2.64. The number of hydrogen-bond acceptors (Lipinski definition) is 5. The lowest BCUT2D eigenvalue weighted by Gasteiger charge is -2.21. The Morgan fingerprint density at radius 1 is 1.33 bits per heavy atom. The number of nitriles is 1. The Morgan fingerprint density at radius 3 is 2.95 bits per heavy atom. The molecule has 0 spiro atoms. The molecule has 1 N–H and O–H groups in total. The molecule has 3 rings (SSSR count). The highest BCUT2D eigenvalue weighted by Crippen LogP contribution is 2.28. The predicted octanol–water partition coefficient (Wildman–Crippen LogP) is 2.10. The van der Waals surface area contributed by atoms with E-state index in [0.717, 1.165) is 16.8 Å². The predicted molar refractivity (Wildman–Crippen MR) is 78.6 cm³/mol. The van der Waals surface area contributed by atoms with E-state index in [0.29, 0.717) is 31.2 Å². The number of benzene rings is 1. The second kappa shape index (κ2) is 5.51. The summed E-state index contributed by atoms with van der Waals surface area (Å²) in [6, 6.07) is 11.6. The molecule has 0 fully saturated rings. The third-order valence-corrected chi connectivity index (χ3v) is 3.69. The summed E-state index contributed by atoms with van der Waals surface area (Å²) in [4.78, 5) is 10.7. The average Bonchev–Trinajstić information content (AvgIpc) is 2.66. The highest BCUT2D eigenvalue weighted by molar-refractivity contribution is 5.40. The van der Waals surface area contributed by atoms with E-state index in [1.165, 1.54) is 0 Å². The number of aliphatic hydroxyl groups excluding tert-OH is 1. The van der Waals surface area contributed by atoms with Crippen molar-refractivity contribution in [3.63, 3.8) is 0 Å². The summed E-state index contributed by atoms with van der Waals surface area (Å²) >= 11 is 0. The molecule has 1 atom stereocenters. The van der Waals surface area contributed by atoms with E-state index < -0.39 is 6.10 Å². The minimum atomic E-state index is -0.466. The highest BCUT2D eigenvalue weighted by Gasteiger charge is 2.22. The second-order valence-electron chi connectivity index (χ2n) is 5.23. The molecule has 106 valence electrons. The Labute approximate surface area is 123 Å². The maximum Gasteiger partial charge on any atom is 0.227 e. The number of aromatic nitrogens is 2. The van der Waals surface area contributed by atoms with Crippen LogP contribution in [0.5, 0.6) is 0 Å². The van der Waals surface area contributed by atoms with Crippen LogP contribution in [0.3, 0.4) is 0 Å². The van der Waals surface area contributed by atoms with E-state index in [1.807, 2.05) is 36.1 Å². The van der Waals surface area contributed by atoms with Crippen molar-refractivity contribution in [2.45, 2.75) is 26.0 Å². The topological polar surface area (TPSA) is 73.0 Å². The van der Waals surface area contributed by atoms with Crippen LogP contribution < -0.4 is 4.90 Å². The fraction of sp³-hybridized carbons (Fsp3) is 0.312. The first kappa shape index (κ1) is 13.5. The zero-order valence-corrected chi connectivity index (χ0v) is 11.8. The molecule has 1 unspecified atom stereocenters. The Balaban J connectivity index is 1.98. The number of nitrogens with zero attached hydrogens (tertiary/aromatic N) is 4. The Bertz CT molecular complexity index is 708. The van der Waals surface area contributed by atoms with E-state index in [2.05, 4.69) is 16.0 Å². The van der Waals surface area contributed by atoms with Gasteiger partial charge in [0, 0.05) is 18.8 Å². The molecular formula is C16H16N4O. The number of anilines is 1. The van der Waals surface area contributed by atoms with E-state index in [1.54, 1.807) is 6.07 Å². The molecule has 0 aliphatic carbocycles. The lowest BCUT2D eigenvalue weighted by molar-refractivity contribution is 0.171. The number of rotatable bonds is 1. The van der Waals surface area contributed by atoms with Crippen LogP contribution in [0.2, 0.25) is 0 Å². The van der Waals surface area contributed by atoms with Gasteiger partial charge in [0.15, 0.2) is 0 Å². The molecule has 21 heavy (non-hydrogen) atoms. The highest BCUT2D eigenvalue weighted by atomic mass is 16.3. The summed E-state index contributed by atoms with van der Waals surface area (Å²) in [5.41, 5.74) is 3.18. The molecule has 0 bridgehead atoms. The summed E-state index contributed by atoms with van der Waals surface area (Å²) in [7, 11) is 0. The zero-order valence-electron chi connectivity index (χ0n) is 11.8. The first-order valence-corrected chi connectivity index (χ1v) is 6.94. The third kappa shape index (κ3) is 2.71. The number of aryl methyl sites for hydroxylation is 1. The van der Waals surface area contributed by atoms with Crippen LogP contribution >= 0.6 is 0 Å². The average molecular weight is 280 g/mol. The van der Waals surface area contributed by atoms with Crippen molar-refractivity contribution < 1.29 is 5.11 Å². The van der Waals surface area contributed by atoms with Crippen molar-refractivity contribution in [3.05, 3.63) is 52.8 Å². The number of hydrogen-bond donors (Lipinski definition) is 1. The van der Waals surface area contributed by atoms with Gasteiger partial charge in [-0.2, -0.15) is 5.26 Å². The summed E-state index contributed by atoms with van der Waals surface area (Å²) < 4.78 is 0. The van der Waals surface area contributed by atoms with Crippen molar-refractivity contribution in [3.8, 4) is 6.07 Å². The van der Waals surface area contributed by atoms with Gasteiger partial charge in [-0.25, -0.2) is 9.97 Å². The van der Waals surface area contributed by atoms with E-state index in [-0.39, 0.29) is 0 Å². The van der Waals surface area contributed by atoms with Gasteiger partial charge in [-0.1, -0.05) is 24.3 Å². The molecule has 1 aliphatic heterocycles. The molecule has 1 aromatic heterocycles. The van der Waals surface area contributed by atoms with Crippen LogP contribution in [0.1, 0.15) is 35.0 Å². The van der Waals surface area contributed by atoms with Crippen molar-refractivity contribution in [2.75, 3.05) is 11.4 Å². The van der Waals surface area contributed by atoms with E-state index >= 15 is 0 Å². The monoisotopic (exact) mass is 280 g/mol. The van der Waals surface area contributed by atoms with Gasteiger partial charge in [0.1, 0.15) is 11.8 Å². The van der Waals surface area contributed by atoms with Gasteiger partial charge in [0.05, 0.1) is 6.10 Å². The van der Waals surface area contributed by atoms with Crippen molar-refractivity contribution in [1.82, 2.24) is 9.97 Å². The van der Waals surface area contributed by atoms with Crippen LogP contribution in [0.15, 0.2) is 30.3 Å². The minimum absolute atomic E-state index is 0.371. The summed E-state index contributed by atoms with van der Waals surface area (Å²) in [6.45, 7) is 3.15. The molecule has 1 aromatic carbocycles. The summed E-state index contributed by atoms with van der Waals surface area (Å²) in [5, 5.41) is 19.3. The third-order valence-electron chi connectivity index (χ3n) is 3.69. The molecule has 5 heteroatoms. The van der Waals surface area contributed by atoms with Crippen LogP contribution in [-0.2, 0) is 6.54 Å². The van der Waals surface area contributed by atoms with E-state index in [4.69, 9.17) is 5.26 Å². The largest absolute Gasteiger partial charge is 0.388 e.